The van der Waals surface area contributed by atoms with Crippen LogP contribution in [0.4, 0.5) is 0 Å². The third kappa shape index (κ3) is 3.42. The van der Waals surface area contributed by atoms with E-state index in [9.17, 15) is 4.79 Å². The van der Waals surface area contributed by atoms with Gasteiger partial charge in [-0.2, -0.15) is 5.10 Å². The summed E-state index contributed by atoms with van der Waals surface area (Å²) in [6.07, 6.45) is 3.56. The van der Waals surface area contributed by atoms with Crippen molar-refractivity contribution in [3.05, 3.63) is 40.3 Å². The van der Waals surface area contributed by atoms with Gasteiger partial charge in [-0.25, -0.2) is 4.79 Å². The maximum Gasteiger partial charge on any atom is 0.327 e. The number of rotatable bonds is 6. The fraction of sp³-hybridized carbons (Fsp3) is 0.385. The molecule has 0 aliphatic heterocycles. The molecule has 2 aromatic rings. The van der Waals surface area contributed by atoms with E-state index in [0.29, 0.717) is 6.54 Å². The van der Waals surface area contributed by atoms with Gasteiger partial charge in [0.2, 0.25) is 0 Å². The van der Waals surface area contributed by atoms with Crippen LogP contribution in [0.15, 0.2) is 29.9 Å². The van der Waals surface area contributed by atoms with Gasteiger partial charge in [0.15, 0.2) is 0 Å². The Morgan fingerprint density at radius 1 is 1.63 bits per heavy atom. The monoisotopic (exact) mass is 279 g/mol. The van der Waals surface area contributed by atoms with Crippen LogP contribution in [0.2, 0.25) is 0 Å². The van der Waals surface area contributed by atoms with Crippen molar-refractivity contribution in [3.8, 4) is 0 Å². The number of thiophene rings is 1. The van der Waals surface area contributed by atoms with Crippen molar-refractivity contribution >= 4 is 17.3 Å². The number of carbonyl (C=O) groups excluding carboxylic acids is 1. The van der Waals surface area contributed by atoms with Crippen LogP contribution in [0.3, 0.4) is 0 Å². The molecule has 0 fully saturated rings. The highest BCUT2D eigenvalue weighted by Gasteiger charge is 2.22. The summed E-state index contributed by atoms with van der Waals surface area (Å²) in [4.78, 5) is 13.0. The van der Waals surface area contributed by atoms with Crippen molar-refractivity contribution in [2.45, 2.75) is 26.1 Å². The molecule has 1 unspecified atom stereocenters. The zero-order valence-electron chi connectivity index (χ0n) is 11.0. The molecule has 0 aromatic carbocycles. The molecule has 0 aliphatic carbocycles. The number of esters is 1. The first kappa shape index (κ1) is 13.8. The van der Waals surface area contributed by atoms with Crippen molar-refractivity contribution < 1.29 is 9.53 Å². The fourth-order valence-corrected chi connectivity index (χ4v) is 2.43. The number of ether oxygens (including phenoxy) is 1. The molecule has 2 aromatic heterocycles. The van der Waals surface area contributed by atoms with Gasteiger partial charge in [-0.3, -0.25) is 10.00 Å². The fourth-order valence-electron chi connectivity index (χ4n) is 1.77. The van der Waals surface area contributed by atoms with Crippen molar-refractivity contribution in [3.63, 3.8) is 0 Å². The molecular weight excluding hydrogens is 262 g/mol. The smallest absolute Gasteiger partial charge is 0.327 e. The summed E-state index contributed by atoms with van der Waals surface area (Å²) in [6, 6.07) is 3.54. The van der Waals surface area contributed by atoms with E-state index in [2.05, 4.69) is 10.4 Å². The van der Waals surface area contributed by atoms with Gasteiger partial charge < -0.3 is 4.74 Å². The summed E-state index contributed by atoms with van der Waals surface area (Å²) in [5.74, 6) is -0.299. The van der Waals surface area contributed by atoms with Crippen molar-refractivity contribution in [2.75, 3.05) is 7.11 Å². The first-order chi connectivity index (χ1) is 9.24. The van der Waals surface area contributed by atoms with Gasteiger partial charge in [0.25, 0.3) is 0 Å². The van der Waals surface area contributed by atoms with E-state index in [1.54, 1.807) is 22.2 Å². The molecule has 102 valence electrons. The number of methoxy groups -OCH3 is 1. The molecule has 0 radical (unpaired) electrons. The number of aromatic nitrogens is 2. The van der Waals surface area contributed by atoms with Crippen LogP contribution in [-0.4, -0.2) is 22.9 Å². The third-order valence-electron chi connectivity index (χ3n) is 2.81. The molecule has 5 nitrogen and oxygen atoms in total. The summed E-state index contributed by atoms with van der Waals surface area (Å²) >= 11 is 1.65. The Hall–Kier alpha value is -1.66. The Morgan fingerprint density at radius 2 is 2.47 bits per heavy atom. The van der Waals surface area contributed by atoms with Crippen LogP contribution < -0.4 is 5.32 Å². The Kier molecular flexibility index (Phi) is 4.70. The lowest BCUT2D eigenvalue weighted by Gasteiger charge is -2.14. The van der Waals surface area contributed by atoms with E-state index in [1.165, 1.54) is 12.0 Å². The van der Waals surface area contributed by atoms with Crippen LogP contribution in [0.5, 0.6) is 0 Å². The van der Waals surface area contributed by atoms with Gasteiger partial charge in [0.1, 0.15) is 6.04 Å². The summed E-state index contributed by atoms with van der Waals surface area (Å²) in [5.41, 5.74) is 0.824. The van der Waals surface area contributed by atoms with Crippen molar-refractivity contribution in [1.82, 2.24) is 15.1 Å². The highest BCUT2D eigenvalue weighted by atomic mass is 32.1. The molecule has 0 aliphatic rings. The Bertz CT molecular complexity index is 522. The topological polar surface area (TPSA) is 56.2 Å². The first-order valence-corrected chi connectivity index (χ1v) is 6.98. The normalized spacial score (nSPS) is 12.3. The van der Waals surface area contributed by atoms with Crippen LogP contribution in [0.25, 0.3) is 0 Å². The van der Waals surface area contributed by atoms with E-state index in [0.717, 1.165) is 12.1 Å². The van der Waals surface area contributed by atoms with Crippen LogP contribution in [0, 0.1) is 0 Å². The standard InChI is InChI=1S/C13H17N3O2S/c1-3-16-9-10(7-15-16)12(13(17)18-2)14-8-11-5-4-6-19-11/h4-7,9,12,14H,3,8H2,1-2H3. The first-order valence-electron chi connectivity index (χ1n) is 6.10. The minimum Gasteiger partial charge on any atom is -0.468 e. The van der Waals surface area contributed by atoms with Crippen LogP contribution in [0.1, 0.15) is 23.4 Å². The van der Waals surface area contributed by atoms with E-state index in [4.69, 9.17) is 4.74 Å². The lowest BCUT2D eigenvalue weighted by atomic mass is 10.1. The third-order valence-corrected chi connectivity index (χ3v) is 3.68. The molecule has 1 atom stereocenters. The quantitative estimate of drug-likeness (QED) is 0.821. The molecule has 0 spiro atoms. The lowest BCUT2D eigenvalue weighted by Crippen LogP contribution is -2.28. The molecule has 0 saturated carbocycles. The maximum absolute atomic E-state index is 11.9. The predicted molar refractivity (Wildman–Crippen MR) is 73.8 cm³/mol. The average molecular weight is 279 g/mol. The second kappa shape index (κ2) is 6.49. The highest BCUT2D eigenvalue weighted by Crippen LogP contribution is 2.16. The zero-order valence-corrected chi connectivity index (χ0v) is 11.8. The van der Waals surface area contributed by atoms with Gasteiger partial charge >= 0.3 is 5.97 Å². The van der Waals surface area contributed by atoms with Gasteiger partial charge in [0, 0.05) is 29.7 Å². The molecule has 0 bridgehead atoms. The Labute approximate surface area is 116 Å². The molecule has 19 heavy (non-hydrogen) atoms. The number of aryl methyl sites for hydroxylation is 1. The SMILES string of the molecule is CCn1cc(C(NCc2cccs2)C(=O)OC)cn1. The molecule has 0 amide bonds. The number of hydrogen-bond donors (Lipinski definition) is 1. The lowest BCUT2D eigenvalue weighted by molar-refractivity contribution is -0.143. The summed E-state index contributed by atoms with van der Waals surface area (Å²) < 4.78 is 6.63. The van der Waals surface area contributed by atoms with Gasteiger partial charge in [-0.15, -0.1) is 11.3 Å². The average Bonchev–Trinajstić information content (AvgIpc) is 3.09. The number of nitrogens with one attached hydrogen (secondary N) is 1. The van der Waals surface area contributed by atoms with E-state index in [1.807, 2.05) is 30.6 Å². The predicted octanol–water partition coefficient (Wildman–Crippen LogP) is 1.97. The highest BCUT2D eigenvalue weighted by molar-refractivity contribution is 7.09. The number of nitrogens with zero attached hydrogens (tertiary/aromatic N) is 2. The number of hydrogen-bond acceptors (Lipinski definition) is 5. The van der Waals surface area contributed by atoms with Gasteiger partial charge in [-0.05, 0) is 18.4 Å². The van der Waals surface area contributed by atoms with E-state index in [-0.39, 0.29) is 5.97 Å². The van der Waals surface area contributed by atoms with Gasteiger partial charge in [-0.1, -0.05) is 6.07 Å². The Morgan fingerprint density at radius 3 is 3.05 bits per heavy atom. The van der Waals surface area contributed by atoms with E-state index < -0.39 is 6.04 Å². The summed E-state index contributed by atoms with van der Waals surface area (Å²) in [7, 11) is 1.40. The van der Waals surface area contributed by atoms with Crippen molar-refractivity contribution in [2.24, 2.45) is 0 Å². The number of carbonyl (C=O) groups is 1. The molecule has 0 saturated heterocycles. The summed E-state index contributed by atoms with van der Waals surface area (Å²) in [5, 5.41) is 9.41. The van der Waals surface area contributed by atoms with E-state index >= 15 is 0 Å². The Balaban J connectivity index is 2.09. The summed E-state index contributed by atoms with van der Waals surface area (Å²) in [6.45, 7) is 3.41. The second-order valence-electron chi connectivity index (χ2n) is 4.05. The second-order valence-corrected chi connectivity index (χ2v) is 5.08. The molecule has 1 N–H and O–H groups in total. The van der Waals surface area contributed by atoms with Gasteiger partial charge in [0.05, 0.1) is 13.3 Å². The van der Waals surface area contributed by atoms with Crippen LogP contribution >= 0.6 is 11.3 Å². The molecular formula is C13H17N3O2S. The maximum atomic E-state index is 11.9. The zero-order chi connectivity index (χ0) is 13.7. The minimum atomic E-state index is -0.479. The molecule has 6 heteroatoms. The minimum absolute atomic E-state index is 0.299. The molecule has 2 rings (SSSR count). The molecule has 2 heterocycles. The van der Waals surface area contributed by atoms with Crippen LogP contribution in [-0.2, 0) is 22.6 Å². The largest absolute Gasteiger partial charge is 0.468 e. The van der Waals surface area contributed by atoms with Crippen molar-refractivity contribution in [1.29, 1.82) is 0 Å².